The van der Waals surface area contributed by atoms with Crippen molar-refractivity contribution in [2.24, 2.45) is 5.92 Å². The number of methoxy groups -OCH3 is 1. The van der Waals surface area contributed by atoms with Crippen LogP contribution in [-0.4, -0.2) is 54.5 Å². The molecule has 1 saturated carbocycles. The Hall–Kier alpha value is -5.00. The summed E-state index contributed by atoms with van der Waals surface area (Å²) >= 11 is 0. The quantitative estimate of drug-likeness (QED) is 0.266. The molecule has 1 atom stereocenters. The van der Waals surface area contributed by atoms with Crippen molar-refractivity contribution in [2.75, 3.05) is 36.6 Å². The van der Waals surface area contributed by atoms with Crippen LogP contribution in [0.15, 0.2) is 48.5 Å². The van der Waals surface area contributed by atoms with Crippen LogP contribution in [0.1, 0.15) is 62.1 Å². The Labute approximate surface area is 240 Å². The van der Waals surface area contributed by atoms with Crippen LogP contribution < -0.4 is 31.3 Å². The fourth-order valence-corrected chi connectivity index (χ4v) is 4.62. The van der Waals surface area contributed by atoms with E-state index in [0.29, 0.717) is 12.2 Å². The van der Waals surface area contributed by atoms with Crippen molar-refractivity contribution in [3.8, 4) is 5.75 Å². The van der Waals surface area contributed by atoms with E-state index in [2.05, 4.69) is 31.5 Å². The van der Waals surface area contributed by atoms with Crippen molar-refractivity contribution < 1.29 is 28.0 Å². The molecule has 5 rings (SSSR count). The highest BCUT2D eigenvalue weighted by Gasteiger charge is 2.30. The van der Waals surface area contributed by atoms with Crippen LogP contribution in [0.3, 0.4) is 0 Å². The number of benzene rings is 2. The molecule has 212 valence electrons. The number of amides is 4. The molecule has 12 nitrogen and oxygen atoms in total. The van der Waals surface area contributed by atoms with Gasteiger partial charge in [0.2, 0.25) is 11.8 Å². The second kappa shape index (κ2) is 12.0. The monoisotopic (exact) mass is 560 g/mol. The minimum atomic E-state index is -2.79. The van der Waals surface area contributed by atoms with Gasteiger partial charge < -0.3 is 31.3 Å². The molecule has 5 N–H and O–H groups in total. The van der Waals surface area contributed by atoms with Gasteiger partial charge in [-0.2, -0.15) is 0 Å². The Morgan fingerprint density at radius 3 is 2.51 bits per heavy atom. The molecule has 2 aromatic carbocycles. The lowest BCUT2D eigenvalue weighted by Gasteiger charge is -2.22. The molecule has 0 radical (unpaired) electrons. The van der Waals surface area contributed by atoms with Crippen LogP contribution in [-0.2, 0) is 9.59 Å². The number of carbonyl (C=O) groups excluding carboxylic acids is 4. The van der Waals surface area contributed by atoms with Crippen LogP contribution in [0.25, 0.3) is 0 Å². The molecular formula is C29H31N7O5. The number of rotatable bonds is 9. The van der Waals surface area contributed by atoms with Crippen molar-refractivity contribution in [3.05, 3.63) is 65.4 Å². The highest BCUT2D eigenvalue weighted by atomic mass is 16.5. The molecule has 1 aliphatic carbocycles. The molecule has 1 unspecified atom stereocenters. The van der Waals surface area contributed by atoms with E-state index in [0.717, 1.165) is 31.2 Å². The minimum Gasteiger partial charge on any atom is -0.494 e. The van der Waals surface area contributed by atoms with Crippen LogP contribution in [0.4, 0.5) is 22.9 Å². The second-order valence-electron chi connectivity index (χ2n) is 9.78. The Kier molecular flexibility index (Phi) is 7.00. The molecule has 0 bridgehead atoms. The Bertz CT molecular complexity index is 1590. The van der Waals surface area contributed by atoms with Crippen molar-refractivity contribution in [1.29, 1.82) is 0 Å². The maximum atomic E-state index is 13.3. The van der Waals surface area contributed by atoms with Crippen LogP contribution in [0.2, 0.25) is 0 Å². The number of piperidine rings is 1. The molecule has 1 aliphatic heterocycles. The van der Waals surface area contributed by atoms with Gasteiger partial charge in [0.05, 0.1) is 30.0 Å². The summed E-state index contributed by atoms with van der Waals surface area (Å²) in [6, 6.07) is 13.1. The SMILES string of the molecule is [2H]C([2H])([2H])NC(=O)c1nnc(NC(=O)C2CC2)cc1Nc1cccc(C(=O)Nc2ccc(C3CCCNC3=O)cc2)c1OC. The zero-order valence-corrected chi connectivity index (χ0v) is 22.2. The Morgan fingerprint density at radius 2 is 1.80 bits per heavy atom. The zero-order valence-electron chi connectivity index (χ0n) is 25.2. The number of carbonyl (C=O) groups is 4. The summed E-state index contributed by atoms with van der Waals surface area (Å²) in [5.41, 5.74) is 1.45. The molecule has 41 heavy (non-hydrogen) atoms. The van der Waals surface area contributed by atoms with Gasteiger partial charge in [-0.15, -0.1) is 10.2 Å². The minimum absolute atomic E-state index is 0.0112. The number of ether oxygens (including phenoxy) is 1. The van der Waals surface area contributed by atoms with E-state index in [1.54, 1.807) is 30.3 Å². The lowest BCUT2D eigenvalue weighted by Crippen LogP contribution is -2.35. The third-order valence-corrected chi connectivity index (χ3v) is 6.91. The van der Waals surface area contributed by atoms with E-state index < -0.39 is 18.8 Å². The van der Waals surface area contributed by atoms with Crippen molar-refractivity contribution >= 4 is 46.5 Å². The average molecular weight is 561 g/mol. The second-order valence-corrected chi connectivity index (χ2v) is 9.78. The maximum absolute atomic E-state index is 13.3. The van der Waals surface area contributed by atoms with E-state index in [4.69, 9.17) is 8.85 Å². The number of aromatic nitrogens is 2. The predicted molar refractivity (Wildman–Crippen MR) is 152 cm³/mol. The Morgan fingerprint density at radius 1 is 1.00 bits per heavy atom. The highest BCUT2D eigenvalue weighted by molar-refractivity contribution is 6.08. The Balaban J connectivity index is 1.39. The number of anilines is 4. The predicted octanol–water partition coefficient (Wildman–Crippen LogP) is 3.18. The van der Waals surface area contributed by atoms with Crippen LogP contribution in [0, 0.1) is 5.92 Å². The molecule has 3 aromatic rings. The summed E-state index contributed by atoms with van der Waals surface area (Å²) in [7, 11) is 1.37. The first kappa shape index (κ1) is 23.9. The molecule has 12 heteroatoms. The largest absolute Gasteiger partial charge is 0.494 e. The average Bonchev–Trinajstić information content (AvgIpc) is 3.83. The summed E-state index contributed by atoms with van der Waals surface area (Å²) in [5.74, 6) is -1.93. The van der Waals surface area contributed by atoms with E-state index >= 15 is 0 Å². The summed E-state index contributed by atoms with van der Waals surface area (Å²) in [4.78, 5) is 50.6. The molecule has 1 aromatic heterocycles. The third-order valence-electron chi connectivity index (χ3n) is 6.91. The first-order valence-corrected chi connectivity index (χ1v) is 13.2. The van der Waals surface area contributed by atoms with Gasteiger partial charge >= 0.3 is 0 Å². The van der Waals surface area contributed by atoms with Gasteiger partial charge in [0, 0.05) is 35.3 Å². The molecule has 2 heterocycles. The summed E-state index contributed by atoms with van der Waals surface area (Å²) < 4.78 is 27.7. The fraction of sp³-hybridized carbons (Fsp3) is 0.310. The van der Waals surface area contributed by atoms with Crippen LogP contribution >= 0.6 is 0 Å². The van der Waals surface area contributed by atoms with Crippen LogP contribution in [0.5, 0.6) is 5.75 Å². The van der Waals surface area contributed by atoms with E-state index in [-0.39, 0.29) is 57.8 Å². The summed E-state index contributed by atoms with van der Waals surface area (Å²) in [5, 5.41) is 20.9. The van der Waals surface area contributed by atoms with E-state index in [9.17, 15) is 19.2 Å². The topological polar surface area (TPSA) is 163 Å². The lowest BCUT2D eigenvalue weighted by molar-refractivity contribution is -0.123. The normalized spacial score (nSPS) is 17.6. The van der Waals surface area contributed by atoms with Crippen molar-refractivity contribution in [2.45, 2.75) is 31.6 Å². The van der Waals surface area contributed by atoms with Gasteiger partial charge in [-0.25, -0.2) is 0 Å². The molecule has 2 fully saturated rings. The summed E-state index contributed by atoms with van der Waals surface area (Å²) in [6.45, 7) is -2.11. The number of hydrogen-bond acceptors (Lipinski definition) is 8. The third kappa shape index (κ3) is 6.26. The molecule has 0 spiro atoms. The first-order valence-electron chi connectivity index (χ1n) is 14.7. The van der Waals surface area contributed by atoms with Gasteiger partial charge in [0.1, 0.15) is 0 Å². The lowest BCUT2D eigenvalue weighted by atomic mass is 9.91. The number of nitrogens with one attached hydrogen (secondary N) is 5. The number of para-hydroxylation sites is 1. The van der Waals surface area contributed by atoms with Gasteiger partial charge in [-0.05, 0) is 55.5 Å². The maximum Gasteiger partial charge on any atom is 0.273 e. The van der Waals surface area contributed by atoms with Crippen molar-refractivity contribution in [3.63, 3.8) is 0 Å². The fourth-order valence-electron chi connectivity index (χ4n) is 4.62. The van der Waals surface area contributed by atoms with Gasteiger partial charge in [0.15, 0.2) is 17.3 Å². The number of nitrogens with zero attached hydrogens (tertiary/aromatic N) is 2. The number of hydrogen-bond donors (Lipinski definition) is 5. The summed E-state index contributed by atoms with van der Waals surface area (Å²) in [6.07, 6.45) is 3.18. The smallest absolute Gasteiger partial charge is 0.273 e. The molecule has 2 aliphatic rings. The van der Waals surface area contributed by atoms with E-state index in [1.807, 2.05) is 17.4 Å². The van der Waals surface area contributed by atoms with E-state index in [1.165, 1.54) is 13.2 Å². The first-order chi connectivity index (χ1) is 21.0. The van der Waals surface area contributed by atoms with Gasteiger partial charge in [0.25, 0.3) is 11.8 Å². The van der Waals surface area contributed by atoms with Gasteiger partial charge in [-0.3, -0.25) is 19.2 Å². The molecule has 1 saturated heterocycles. The molecule has 4 amide bonds. The van der Waals surface area contributed by atoms with Crippen molar-refractivity contribution in [1.82, 2.24) is 20.8 Å². The highest BCUT2D eigenvalue weighted by Crippen LogP contribution is 2.34. The standard InChI is InChI=1S/C29H31N7O5/c1-30-29(40)24-22(15-23(35-36-24)34-26(37)17-8-9-17)33-21-7-3-5-20(25(21)41-2)28(39)32-18-12-10-16(11-13-18)19-6-4-14-31-27(19)38/h3,5,7,10-13,15,17,19H,4,6,8-9,14H2,1-2H3,(H,30,40)(H,31,38)(H,32,39)(H2,33,34,35,37)/i1D3. The zero-order chi connectivity index (χ0) is 31.4. The molecular weight excluding hydrogens is 526 g/mol. The van der Waals surface area contributed by atoms with Gasteiger partial charge in [-0.1, -0.05) is 18.2 Å².